The van der Waals surface area contributed by atoms with Gasteiger partial charge in [0.2, 0.25) is 5.91 Å². The second-order valence-electron chi connectivity index (χ2n) is 5.60. The molecule has 1 rings (SSSR count). The largest absolute Gasteiger partial charge is 0.354 e. The van der Waals surface area contributed by atoms with Crippen LogP contribution < -0.4 is 11.1 Å². The molecule has 1 amide bonds. The van der Waals surface area contributed by atoms with E-state index >= 15 is 0 Å². The molecule has 0 saturated carbocycles. The molecular weight excluding hydrogens is 258 g/mol. The number of rotatable bonds is 8. The van der Waals surface area contributed by atoms with E-state index in [4.69, 9.17) is 5.73 Å². The Morgan fingerprint density at radius 1 is 1.37 bits per heavy atom. The van der Waals surface area contributed by atoms with Crippen molar-refractivity contribution in [3.63, 3.8) is 0 Å². The first-order valence-corrected chi connectivity index (χ1v) is 8.77. The van der Waals surface area contributed by atoms with Crippen molar-refractivity contribution in [1.29, 1.82) is 0 Å². The Bertz CT molecular complexity index is 257. The van der Waals surface area contributed by atoms with Gasteiger partial charge < -0.3 is 16.0 Å². The molecule has 1 unspecified atom stereocenters. The Labute approximate surface area is 121 Å². The zero-order chi connectivity index (χ0) is 14.1. The van der Waals surface area contributed by atoms with Crippen molar-refractivity contribution in [1.82, 2.24) is 10.2 Å². The highest BCUT2D eigenvalue weighted by atomic mass is 32.2. The van der Waals surface area contributed by atoms with Gasteiger partial charge in [0.25, 0.3) is 0 Å². The van der Waals surface area contributed by atoms with E-state index in [1.807, 2.05) is 6.26 Å². The molecule has 0 aromatic rings. The topological polar surface area (TPSA) is 58.4 Å². The molecule has 0 spiro atoms. The number of nitrogens with one attached hydrogen (secondary N) is 1. The summed E-state index contributed by atoms with van der Waals surface area (Å²) in [6.07, 6.45) is 6.79. The Morgan fingerprint density at radius 3 is 2.68 bits per heavy atom. The van der Waals surface area contributed by atoms with E-state index in [0.29, 0.717) is 5.92 Å². The molecular formula is C14H29N3OS. The maximum absolute atomic E-state index is 11.8. The van der Waals surface area contributed by atoms with E-state index < -0.39 is 0 Å². The van der Waals surface area contributed by atoms with Gasteiger partial charge >= 0.3 is 0 Å². The van der Waals surface area contributed by atoms with E-state index in [1.54, 1.807) is 11.8 Å². The lowest BCUT2D eigenvalue weighted by atomic mass is 10.1. The molecule has 2 atom stereocenters. The van der Waals surface area contributed by atoms with Gasteiger partial charge in [0, 0.05) is 13.1 Å². The summed E-state index contributed by atoms with van der Waals surface area (Å²) < 4.78 is 0. The fraction of sp³-hybridized carbons (Fsp3) is 0.929. The standard InChI is InChI=1S/C14H29N3OS/c1-12(11-17-7-4-3-5-8-17)10-16-14(18)13(15)6-9-19-2/h12-13H,3-11,15H2,1-2H3,(H,16,18)/t12?,13-/m1/s1. The number of nitrogens with two attached hydrogens (primary N) is 1. The highest BCUT2D eigenvalue weighted by Gasteiger charge is 2.16. The summed E-state index contributed by atoms with van der Waals surface area (Å²) in [5, 5.41) is 2.98. The van der Waals surface area contributed by atoms with E-state index in [1.165, 1.54) is 32.4 Å². The summed E-state index contributed by atoms with van der Waals surface area (Å²) >= 11 is 1.73. The zero-order valence-corrected chi connectivity index (χ0v) is 13.2. The normalized spacial score (nSPS) is 19.9. The van der Waals surface area contributed by atoms with Crippen LogP contribution in [-0.2, 0) is 4.79 Å². The van der Waals surface area contributed by atoms with Gasteiger partial charge in [-0.05, 0) is 50.3 Å². The zero-order valence-electron chi connectivity index (χ0n) is 12.4. The van der Waals surface area contributed by atoms with E-state index in [9.17, 15) is 4.79 Å². The number of nitrogens with zero attached hydrogens (tertiary/aromatic N) is 1. The minimum atomic E-state index is -0.352. The highest BCUT2D eigenvalue weighted by molar-refractivity contribution is 7.98. The summed E-state index contributed by atoms with van der Waals surface area (Å²) in [6.45, 7) is 6.45. The van der Waals surface area contributed by atoms with Crippen LogP contribution in [0.15, 0.2) is 0 Å². The van der Waals surface area contributed by atoms with E-state index in [-0.39, 0.29) is 11.9 Å². The summed E-state index contributed by atoms with van der Waals surface area (Å²) in [4.78, 5) is 14.3. The molecule has 112 valence electrons. The number of piperidine rings is 1. The number of carbonyl (C=O) groups excluding carboxylic acids is 1. The van der Waals surface area contributed by atoms with Crippen LogP contribution in [0.5, 0.6) is 0 Å². The maximum Gasteiger partial charge on any atom is 0.236 e. The quantitative estimate of drug-likeness (QED) is 0.706. The molecule has 0 bridgehead atoms. The average molecular weight is 287 g/mol. The molecule has 4 nitrogen and oxygen atoms in total. The summed E-state index contributed by atoms with van der Waals surface area (Å²) in [6, 6.07) is -0.352. The SMILES string of the molecule is CSCC[C@@H](N)C(=O)NCC(C)CN1CCCCC1. The molecule has 5 heteroatoms. The van der Waals surface area contributed by atoms with Gasteiger partial charge in [-0.25, -0.2) is 0 Å². The minimum Gasteiger partial charge on any atom is -0.354 e. The third-order valence-corrected chi connectivity index (χ3v) is 4.26. The molecule has 0 aliphatic carbocycles. The van der Waals surface area contributed by atoms with Crippen molar-refractivity contribution in [2.24, 2.45) is 11.7 Å². The van der Waals surface area contributed by atoms with Gasteiger partial charge in [0.15, 0.2) is 0 Å². The second kappa shape index (κ2) is 9.61. The van der Waals surface area contributed by atoms with Crippen molar-refractivity contribution in [3.8, 4) is 0 Å². The van der Waals surface area contributed by atoms with Crippen LogP contribution in [0.2, 0.25) is 0 Å². The second-order valence-corrected chi connectivity index (χ2v) is 6.59. The van der Waals surface area contributed by atoms with Crippen molar-refractivity contribution in [2.75, 3.05) is 38.2 Å². The predicted molar refractivity (Wildman–Crippen MR) is 83.4 cm³/mol. The van der Waals surface area contributed by atoms with Crippen LogP contribution in [0, 0.1) is 5.92 Å². The fourth-order valence-electron chi connectivity index (χ4n) is 2.43. The lowest BCUT2D eigenvalue weighted by Crippen LogP contribution is -2.44. The van der Waals surface area contributed by atoms with Crippen LogP contribution in [0.1, 0.15) is 32.6 Å². The minimum absolute atomic E-state index is 0.000422. The number of likely N-dealkylation sites (tertiary alicyclic amines) is 1. The van der Waals surface area contributed by atoms with Crippen molar-refractivity contribution in [2.45, 2.75) is 38.6 Å². The van der Waals surface area contributed by atoms with Gasteiger partial charge in [-0.3, -0.25) is 4.79 Å². The number of hydrogen-bond donors (Lipinski definition) is 2. The molecule has 1 aliphatic heterocycles. The Kier molecular flexibility index (Phi) is 8.50. The molecule has 1 heterocycles. The average Bonchev–Trinajstić information content (AvgIpc) is 2.43. The van der Waals surface area contributed by atoms with Crippen molar-refractivity contribution < 1.29 is 4.79 Å². The van der Waals surface area contributed by atoms with Crippen LogP contribution >= 0.6 is 11.8 Å². The number of carbonyl (C=O) groups is 1. The third-order valence-electron chi connectivity index (χ3n) is 3.61. The smallest absolute Gasteiger partial charge is 0.236 e. The molecule has 1 saturated heterocycles. The van der Waals surface area contributed by atoms with Gasteiger partial charge in [-0.15, -0.1) is 0 Å². The Balaban J connectivity index is 2.14. The van der Waals surface area contributed by atoms with Gasteiger partial charge in [-0.2, -0.15) is 11.8 Å². The number of thioether (sulfide) groups is 1. The van der Waals surface area contributed by atoms with Gasteiger partial charge in [0.05, 0.1) is 6.04 Å². The van der Waals surface area contributed by atoms with Crippen molar-refractivity contribution >= 4 is 17.7 Å². The molecule has 3 N–H and O–H groups in total. The summed E-state index contributed by atoms with van der Waals surface area (Å²) in [5.74, 6) is 1.44. The first-order valence-electron chi connectivity index (χ1n) is 7.38. The van der Waals surface area contributed by atoms with E-state index in [0.717, 1.165) is 25.3 Å². The van der Waals surface area contributed by atoms with Gasteiger partial charge in [-0.1, -0.05) is 13.3 Å². The number of amides is 1. The monoisotopic (exact) mass is 287 g/mol. The molecule has 0 radical (unpaired) electrons. The van der Waals surface area contributed by atoms with Gasteiger partial charge in [0.1, 0.15) is 0 Å². The molecule has 1 fully saturated rings. The Hall–Kier alpha value is -0.260. The van der Waals surface area contributed by atoms with Crippen molar-refractivity contribution in [3.05, 3.63) is 0 Å². The maximum atomic E-state index is 11.8. The summed E-state index contributed by atoms with van der Waals surface area (Å²) in [7, 11) is 0. The van der Waals surface area contributed by atoms with E-state index in [2.05, 4.69) is 17.1 Å². The van der Waals surface area contributed by atoms with Crippen LogP contribution in [0.3, 0.4) is 0 Å². The third kappa shape index (κ3) is 7.18. The summed E-state index contributed by atoms with van der Waals surface area (Å²) in [5.41, 5.74) is 5.84. The Morgan fingerprint density at radius 2 is 2.05 bits per heavy atom. The first-order chi connectivity index (χ1) is 9.13. The fourth-order valence-corrected chi connectivity index (χ4v) is 2.92. The highest BCUT2D eigenvalue weighted by Crippen LogP contribution is 2.10. The molecule has 0 aromatic carbocycles. The first kappa shape index (κ1) is 16.8. The molecule has 1 aliphatic rings. The van der Waals surface area contributed by atoms with Crippen LogP contribution in [0.25, 0.3) is 0 Å². The van der Waals surface area contributed by atoms with Crippen LogP contribution in [0.4, 0.5) is 0 Å². The molecule has 19 heavy (non-hydrogen) atoms. The lowest BCUT2D eigenvalue weighted by molar-refractivity contribution is -0.122. The predicted octanol–water partition coefficient (Wildman–Crippen LogP) is 1.31. The lowest BCUT2D eigenvalue weighted by Gasteiger charge is -2.29. The number of hydrogen-bond acceptors (Lipinski definition) is 4. The van der Waals surface area contributed by atoms with Crippen LogP contribution in [-0.4, -0.2) is 55.0 Å². The molecule has 0 aromatic heterocycles.